The summed E-state index contributed by atoms with van der Waals surface area (Å²) in [6.07, 6.45) is 0.809. The molecule has 0 radical (unpaired) electrons. The summed E-state index contributed by atoms with van der Waals surface area (Å²) in [4.78, 5) is 56.5. The zero-order chi connectivity index (χ0) is 27.1. The first-order valence-corrected chi connectivity index (χ1v) is 12.9. The normalized spacial score (nSPS) is 22.0. The minimum Gasteiger partial charge on any atom is -0.491 e. The van der Waals surface area contributed by atoms with Gasteiger partial charge in [-0.2, -0.15) is 0 Å². The summed E-state index contributed by atoms with van der Waals surface area (Å²) in [5.74, 6) is -1.41. The Labute approximate surface area is 221 Å². The largest absolute Gasteiger partial charge is 0.491 e. The molecule has 3 atom stereocenters. The van der Waals surface area contributed by atoms with Crippen LogP contribution in [-0.4, -0.2) is 83.0 Å². The molecule has 4 rings (SSSR count). The van der Waals surface area contributed by atoms with E-state index in [9.17, 15) is 24.3 Å². The van der Waals surface area contributed by atoms with E-state index in [1.165, 1.54) is 9.80 Å². The molecule has 38 heavy (non-hydrogen) atoms. The van der Waals surface area contributed by atoms with Crippen LogP contribution < -0.4 is 15.4 Å². The highest BCUT2D eigenvalue weighted by molar-refractivity contribution is 6.01. The number of nitrogens with one attached hydrogen (secondary N) is 2. The third kappa shape index (κ3) is 6.49. The molecular formula is C28H34N4O6. The molecule has 1 fully saturated rings. The quantitative estimate of drug-likeness (QED) is 0.521. The van der Waals surface area contributed by atoms with Crippen molar-refractivity contribution >= 4 is 23.6 Å². The van der Waals surface area contributed by atoms with Crippen molar-refractivity contribution in [2.75, 3.05) is 26.3 Å². The van der Waals surface area contributed by atoms with E-state index in [0.717, 1.165) is 5.56 Å². The second-order valence-corrected chi connectivity index (χ2v) is 9.66. The molecule has 2 aliphatic heterocycles. The molecule has 0 aromatic heterocycles. The number of amides is 4. The minimum atomic E-state index is -1.20. The fourth-order valence-corrected chi connectivity index (χ4v) is 4.84. The maximum Gasteiger partial charge on any atom is 0.255 e. The van der Waals surface area contributed by atoms with Gasteiger partial charge in [0.1, 0.15) is 24.4 Å². The Morgan fingerprint density at radius 1 is 1.08 bits per heavy atom. The fourth-order valence-electron chi connectivity index (χ4n) is 4.84. The molecule has 2 aromatic rings. The van der Waals surface area contributed by atoms with E-state index < -0.39 is 29.8 Å². The molecule has 3 N–H and O–H groups in total. The molecule has 4 amide bonds. The highest BCUT2D eigenvalue weighted by Crippen LogP contribution is 2.23. The van der Waals surface area contributed by atoms with Gasteiger partial charge in [-0.3, -0.25) is 19.2 Å². The summed E-state index contributed by atoms with van der Waals surface area (Å²) in [6, 6.07) is 13.7. The number of hydrogen-bond acceptors (Lipinski definition) is 6. The smallest absolute Gasteiger partial charge is 0.255 e. The summed E-state index contributed by atoms with van der Waals surface area (Å²) in [5.41, 5.74) is 1.10. The third-order valence-corrected chi connectivity index (χ3v) is 6.77. The standard InChI is InChI=1S/C28H34N4O6/c1-19-18-38-24-12-6-5-10-21(24)26(35)30-22(28(37)32-13-7-11-23(32)27(36)29-19)16-25(34)31(14-15-33)17-20-8-3-2-4-9-20/h2-6,8-10,12,19,22-23,33H,7,11,13-18H2,1H3,(H,29,36)(H,30,35)/t19-,22+,23-/m1/s1. The zero-order valence-corrected chi connectivity index (χ0v) is 21.5. The van der Waals surface area contributed by atoms with Gasteiger partial charge in [0, 0.05) is 19.6 Å². The molecule has 2 heterocycles. The fraction of sp³-hybridized carbons (Fsp3) is 0.429. The van der Waals surface area contributed by atoms with Crippen LogP contribution in [0.1, 0.15) is 42.1 Å². The molecule has 0 aliphatic carbocycles. The first-order chi connectivity index (χ1) is 18.4. The summed E-state index contributed by atoms with van der Waals surface area (Å²) in [6.45, 7) is 2.37. The molecule has 0 spiro atoms. The van der Waals surface area contributed by atoms with Crippen molar-refractivity contribution in [3.63, 3.8) is 0 Å². The van der Waals surface area contributed by atoms with E-state index in [2.05, 4.69) is 10.6 Å². The van der Waals surface area contributed by atoms with Gasteiger partial charge < -0.3 is 30.3 Å². The summed E-state index contributed by atoms with van der Waals surface area (Å²) < 4.78 is 5.85. The van der Waals surface area contributed by atoms with Crippen molar-refractivity contribution in [2.24, 2.45) is 0 Å². The van der Waals surface area contributed by atoms with E-state index in [1.807, 2.05) is 30.3 Å². The number of aliphatic hydroxyl groups excluding tert-OH is 1. The van der Waals surface area contributed by atoms with Gasteiger partial charge in [0.05, 0.1) is 24.6 Å². The molecule has 10 heteroatoms. The minimum absolute atomic E-state index is 0.0753. The van der Waals surface area contributed by atoms with Gasteiger partial charge in [-0.1, -0.05) is 42.5 Å². The van der Waals surface area contributed by atoms with Crippen molar-refractivity contribution in [1.82, 2.24) is 20.4 Å². The highest BCUT2D eigenvalue weighted by atomic mass is 16.5. The Bertz CT molecular complexity index is 1160. The number of nitrogens with zero attached hydrogens (tertiary/aromatic N) is 2. The van der Waals surface area contributed by atoms with Gasteiger partial charge in [0.2, 0.25) is 17.7 Å². The SMILES string of the molecule is C[C@@H]1COc2ccccc2C(=O)N[C@@H](CC(=O)N(CCO)Cc2ccccc2)C(=O)N2CCC[C@@H]2C(=O)N1. The predicted octanol–water partition coefficient (Wildman–Crippen LogP) is 1.08. The van der Waals surface area contributed by atoms with Crippen molar-refractivity contribution in [2.45, 2.75) is 50.9 Å². The molecule has 202 valence electrons. The molecule has 0 unspecified atom stereocenters. The first kappa shape index (κ1) is 27.1. The van der Waals surface area contributed by atoms with Crippen LogP contribution in [0, 0.1) is 0 Å². The average Bonchev–Trinajstić information content (AvgIpc) is 3.41. The van der Waals surface area contributed by atoms with Gasteiger partial charge in [-0.25, -0.2) is 0 Å². The number of aliphatic hydroxyl groups is 1. The van der Waals surface area contributed by atoms with Crippen LogP contribution in [0.25, 0.3) is 0 Å². The summed E-state index contributed by atoms with van der Waals surface area (Å²) in [7, 11) is 0. The second kappa shape index (κ2) is 12.6. The number of ether oxygens (including phenoxy) is 1. The average molecular weight is 523 g/mol. The number of rotatable bonds is 6. The van der Waals surface area contributed by atoms with Crippen LogP contribution >= 0.6 is 0 Å². The predicted molar refractivity (Wildman–Crippen MR) is 139 cm³/mol. The summed E-state index contributed by atoms with van der Waals surface area (Å²) in [5, 5.41) is 15.2. The van der Waals surface area contributed by atoms with Crippen molar-refractivity contribution in [3.05, 3.63) is 65.7 Å². The van der Waals surface area contributed by atoms with Crippen LogP contribution in [0.15, 0.2) is 54.6 Å². The number of carbonyl (C=O) groups excluding carboxylic acids is 4. The van der Waals surface area contributed by atoms with Crippen LogP contribution in [0.5, 0.6) is 5.75 Å². The van der Waals surface area contributed by atoms with E-state index in [0.29, 0.717) is 25.1 Å². The van der Waals surface area contributed by atoms with Crippen molar-refractivity contribution in [1.29, 1.82) is 0 Å². The lowest BCUT2D eigenvalue weighted by Crippen LogP contribution is -2.55. The number of benzene rings is 2. The van der Waals surface area contributed by atoms with Crippen LogP contribution in [0.4, 0.5) is 0 Å². The van der Waals surface area contributed by atoms with Crippen molar-refractivity contribution < 1.29 is 29.0 Å². The van der Waals surface area contributed by atoms with Crippen LogP contribution in [0.3, 0.4) is 0 Å². The molecular weight excluding hydrogens is 488 g/mol. The Morgan fingerprint density at radius 2 is 1.82 bits per heavy atom. The van der Waals surface area contributed by atoms with Crippen molar-refractivity contribution in [3.8, 4) is 5.75 Å². The van der Waals surface area contributed by atoms with Gasteiger partial charge in [0.25, 0.3) is 5.91 Å². The molecule has 0 bridgehead atoms. The maximum atomic E-state index is 13.8. The highest BCUT2D eigenvalue weighted by Gasteiger charge is 2.39. The maximum absolute atomic E-state index is 13.8. The molecule has 1 saturated heterocycles. The lowest BCUT2D eigenvalue weighted by atomic mass is 10.1. The Hall–Kier alpha value is -3.92. The number of fused-ring (bicyclic) bond motifs is 2. The Balaban J connectivity index is 1.63. The molecule has 10 nitrogen and oxygen atoms in total. The van der Waals surface area contributed by atoms with Gasteiger partial charge in [-0.05, 0) is 37.5 Å². The lowest BCUT2D eigenvalue weighted by Gasteiger charge is -2.30. The number of para-hydroxylation sites is 1. The molecule has 2 aromatic carbocycles. The molecule has 2 aliphatic rings. The first-order valence-electron chi connectivity index (χ1n) is 12.9. The third-order valence-electron chi connectivity index (χ3n) is 6.77. The zero-order valence-electron chi connectivity index (χ0n) is 21.5. The topological polar surface area (TPSA) is 128 Å². The molecule has 0 saturated carbocycles. The number of hydrogen-bond donors (Lipinski definition) is 3. The van der Waals surface area contributed by atoms with Crippen LogP contribution in [-0.2, 0) is 20.9 Å². The Morgan fingerprint density at radius 3 is 2.58 bits per heavy atom. The van der Waals surface area contributed by atoms with E-state index >= 15 is 0 Å². The second-order valence-electron chi connectivity index (χ2n) is 9.66. The number of carbonyl (C=O) groups is 4. The van der Waals surface area contributed by atoms with E-state index in [-0.39, 0.29) is 50.2 Å². The summed E-state index contributed by atoms with van der Waals surface area (Å²) >= 11 is 0. The lowest BCUT2D eigenvalue weighted by molar-refractivity contribution is -0.142. The van der Waals surface area contributed by atoms with Gasteiger partial charge in [-0.15, -0.1) is 0 Å². The van der Waals surface area contributed by atoms with E-state index in [4.69, 9.17) is 4.74 Å². The van der Waals surface area contributed by atoms with Gasteiger partial charge in [0.15, 0.2) is 0 Å². The van der Waals surface area contributed by atoms with E-state index in [1.54, 1.807) is 31.2 Å². The van der Waals surface area contributed by atoms with Gasteiger partial charge >= 0.3 is 0 Å². The van der Waals surface area contributed by atoms with Crippen LogP contribution in [0.2, 0.25) is 0 Å². The Kier molecular flexibility index (Phi) is 8.96. The monoisotopic (exact) mass is 522 g/mol.